The zero-order chi connectivity index (χ0) is 24.5. The topological polar surface area (TPSA) is 29.5 Å². The van der Waals surface area contributed by atoms with Crippen LogP contribution >= 0.6 is 11.8 Å². The molecule has 2 unspecified atom stereocenters. The molecule has 0 spiro atoms. The summed E-state index contributed by atoms with van der Waals surface area (Å²) in [6.45, 7) is 4.25. The summed E-state index contributed by atoms with van der Waals surface area (Å²) in [5, 5.41) is 0. The van der Waals surface area contributed by atoms with Gasteiger partial charge < -0.3 is 9.64 Å². The smallest absolute Gasteiger partial charge is 0.254 e. The Morgan fingerprint density at radius 1 is 0.943 bits per heavy atom. The van der Waals surface area contributed by atoms with Crippen molar-refractivity contribution in [3.05, 3.63) is 94.6 Å². The number of rotatable bonds is 6. The number of carbonyl (C=O) groups is 1. The van der Waals surface area contributed by atoms with Gasteiger partial charge in [0.25, 0.3) is 5.91 Å². The fourth-order valence-electron chi connectivity index (χ4n) is 5.17. The number of thioether (sulfide) groups is 1. The van der Waals surface area contributed by atoms with Crippen molar-refractivity contribution in [1.82, 2.24) is 4.90 Å². The molecule has 2 saturated heterocycles. The molecule has 2 bridgehead atoms. The van der Waals surface area contributed by atoms with Gasteiger partial charge in [-0.1, -0.05) is 18.2 Å². The van der Waals surface area contributed by atoms with E-state index in [4.69, 9.17) is 4.74 Å². The molecule has 3 aromatic carbocycles. The molecule has 0 radical (unpaired) electrons. The van der Waals surface area contributed by atoms with E-state index in [-0.39, 0.29) is 29.8 Å². The summed E-state index contributed by atoms with van der Waals surface area (Å²) >= 11 is 1.80. The second-order valence-electron chi connectivity index (χ2n) is 9.62. The highest BCUT2D eigenvalue weighted by Gasteiger charge is 2.44. The zero-order valence-electron chi connectivity index (χ0n) is 20.0. The summed E-state index contributed by atoms with van der Waals surface area (Å²) in [5.41, 5.74) is 4.47. The van der Waals surface area contributed by atoms with E-state index in [1.54, 1.807) is 11.8 Å². The molecule has 2 heterocycles. The highest BCUT2D eigenvalue weighted by Crippen LogP contribution is 2.38. The molecule has 182 valence electrons. The largest absolute Gasteiger partial charge is 0.487 e. The summed E-state index contributed by atoms with van der Waals surface area (Å²) in [4.78, 5) is 16.6. The lowest BCUT2D eigenvalue weighted by atomic mass is 9.98. The van der Waals surface area contributed by atoms with Gasteiger partial charge in [-0.05, 0) is 79.8 Å². The number of hydrogen-bond donors (Lipinski definition) is 0. The van der Waals surface area contributed by atoms with Gasteiger partial charge in [0.2, 0.25) is 0 Å². The average Bonchev–Trinajstić information content (AvgIpc) is 3.11. The fourth-order valence-corrected chi connectivity index (χ4v) is 6.12. The Labute approximate surface area is 209 Å². The molecule has 0 saturated carbocycles. The minimum absolute atomic E-state index is 0.0530. The highest BCUT2D eigenvalue weighted by molar-refractivity contribution is 7.98. The predicted octanol–water partition coefficient (Wildman–Crippen LogP) is 7.09. The molecule has 35 heavy (non-hydrogen) atoms. The van der Waals surface area contributed by atoms with Crippen LogP contribution in [0.5, 0.6) is 5.75 Å². The van der Waals surface area contributed by atoms with Crippen molar-refractivity contribution in [3.8, 4) is 5.75 Å². The molecule has 6 heteroatoms. The van der Waals surface area contributed by atoms with Gasteiger partial charge in [-0.25, -0.2) is 8.78 Å². The van der Waals surface area contributed by atoms with Gasteiger partial charge in [0.15, 0.2) is 11.6 Å². The molecule has 2 aliphatic rings. The third-order valence-electron chi connectivity index (χ3n) is 7.20. The number of fused-ring (bicyclic) bond motifs is 2. The lowest BCUT2D eigenvalue weighted by Crippen LogP contribution is -2.49. The molecule has 3 nitrogen and oxygen atoms in total. The second kappa shape index (κ2) is 10.0. The van der Waals surface area contributed by atoms with E-state index in [9.17, 15) is 13.6 Å². The standard InChI is InChI=1S/C29H29F2NO2S/c1-18-3-11-26(13-19(18)2)35-17-20-4-6-21(7-5-20)29(33)32-23-9-10-24(32)16-25(15-23)34-28-12-8-22(30)14-27(28)31/h3-8,11-14,23-25H,9-10,15-17H2,1-2H3. The third-order valence-corrected chi connectivity index (χ3v) is 8.26. The summed E-state index contributed by atoms with van der Waals surface area (Å²) in [5.74, 6) is -0.329. The van der Waals surface area contributed by atoms with Crippen LogP contribution in [0.3, 0.4) is 0 Å². The molecule has 0 aliphatic carbocycles. The second-order valence-corrected chi connectivity index (χ2v) is 10.7. The van der Waals surface area contributed by atoms with Crippen LogP contribution in [-0.2, 0) is 5.75 Å². The summed E-state index contributed by atoms with van der Waals surface area (Å²) in [6.07, 6.45) is 2.98. The Hall–Kier alpha value is -2.86. The lowest BCUT2D eigenvalue weighted by molar-refractivity contribution is 0.0349. The Kier molecular flexibility index (Phi) is 6.83. The third kappa shape index (κ3) is 5.22. The number of hydrogen-bond acceptors (Lipinski definition) is 3. The maximum absolute atomic E-state index is 14.0. The van der Waals surface area contributed by atoms with Crippen molar-refractivity contribution in [2.75, 3.05) is 0 Å². The van der Waals surface area contributed by atoms with Gasteiger partial charge in [-0.3, -0.25) is 4.79 Å². The molecule has 3 aromatic rings. The first-order valence-electron chi connectivity index (χ1n) is 12.1. The van der Waals surface area contributed by atoms with Gasteiger partial charge >= 0.3 is 0 Å². The van der Waals surface area contributed by atoms with Crippen LogP contribution in [0.25, 0.3) is 0 Å². The molecule has 5 rings (SSSR count). The fraction of sp³-hybridized carbons (Fsp3) is 0.345. The highest BCUT2D eigenvalue weighted by atomic mass is 32.2. The predicted molar refractivity (Wildman–Crippen MR) is 135 cm³/mol. The molecule has 2 fully saturated rings. The SMILES string of the molecule is Cc1ccc(SCc2ccc(C(=O)N3C4CCC3CC(Oc3ccc(F)cc3F)C4)cc2)cc1C. The Morgan fingerprint density at radius 3 is 2.31 bits per heavy atom. The van der Waals surface area contributed by atoms with Crippen LogP contribution in [0.2, 0.25) is 0 Å². The van der Waals surface area contributed by atoms with Crippen molar-refractivity contribution in [3.63, 3.8) is 0 Å². The molecule has 2 aliphatic heterocycles. The first kappa shape index (κ1) is 23.9. The van der Waals surface area contributed by atoms with Crippen LogP contribution in [0.1, 0.15) is 52.7 Å². The van der Waals surface area contributed by atoms with E-state index >= 15 is 0 Å². The van der Waals surface area contributed by atoms with E-state index in [2.05, 4.69) is 32.0 Å². The lowest BCUT2D eigenvalue weighted by Gasteiger charge is -2.39. The Morgan fingerprint density at radius 2 is 1.66 bits per heavy atom. The Bertz CT molecular complexity index is 1220. The minimum Gasteiger partial charge on any atom is -0.487 e. The first-order chi connectivity index (χ1) is 16.9. The van der Waals surface area contributed by atoms with Gasteiger partial charge in [0.05, 0.1) is 0 Å². The van der Waals surface area contributed by atoms with Crippen molar-refractivity contribution in [1.29, 1.82) is 0 Å². The van der Waals surface area contributed by atoms with Gasteiger partial charge in [-0.2, -0.15) is 0 Å². The van der Waals surface area contributed by atoms with E-state index in [0.29, 0.717) is 18.4 Å². The number of carbonyl (C=O) groups excluding carboxylic acids is 1. The average molecular weight is 494 g/mol. The summed E-state index contributed by atoms with van der Waals surface area (Å²) in [6, 6.07) is 18.0. The quantitative estimate of drug-likeness (QED) is 0.343. The maximum atomic E-state index is 14.0. The minimum atomic E-state index is -0.688. The number of nitrogens with zero attached hydrogens (tertiary/aromatic N) is 1. The van der Waals surface area contributed by atoms with Gasteiger partial charge in [0, 0.05) is 47.2 Å². The zero-order valence-corrected chi connectivity index (χ0v) is 20.8. The van der Waals surface area contributed by atoms with Crippen molar-refractivity contribution < 1.29 is 18.3 Å². The van der Waals surface area contributed by atoms with E-state index in [0.717, 1.165) is 24.7 Å². The van der Waals surface area contributed by atoms with Crippen LogP contribution in [0.15, 0.2) is 65.6 Å². The van der Waals surface area contributed by atoms with Crippen molar-refractivity contribution in [2.45, 2.75) is 68.4 Å². The van der Waals surface area contributed by atoms with Crippen molar-refractivity contribution >= 4 is 17.7 Å². The van der Waals surface area contributed by atoms with E-state index in [1.165, 1.54) is 33.7 Å². The molecular formula is C29H29F2NO2S. The number of amides is 1. The van der Waals surface area contributed by atoms with Crippen molar-refractivity contribution in [2.24, 2.45) is 0 Å². The van der Waals surface area contributed by atoms with Gasteiger partial charge in [-0.15, -0.1) is 11.8 Å². The molecular weight excluding hydrogens is 464 g/mol. The van der Waals surface area contributed by atoms with Crippen LogP contribution in [0, 0.1) is 25.5 Å². The first-order valence-corrected chi connectivity index (χ1v) is 13.1. The summed E-state index contributed by atoms with van der Waals surface area (Å²) in [7, 11) is 0. The van der Waals surface area contributed by atoms with E-state index < -0.39 is 11.6 Å². The van der Waals surface area contributed by atoms with Crippen LogP contribution in [0.4, 0.5) is 8.78 Å². The van der Waals surface area contributed by atoms with Crippen LogP contribution < -0.4 is 4.74 Å². The Balaban J connectivity index is 1.20. The number of halogens is 2. The number of piperidine rings is 1. The summed E-state index contributed by atoms with van der Waals surface area (Å²) < 4.78 is 33.1. The normalized spacial score (nSPS) is 21.3. The molecule has 0 N–H and O–H groups in total. The monoisotopic (exact) mass is 493 g/mol. The van der Waals surface area contributed by atoms with Crippen LogP contribution in [-0.4, -0.2) is 29.0 Å². The van der Waals surface area contributed by atoms with E-state index in [1.807, 2.05) is 29.2 Å². The maximum Gasteiger partial charge on any atom is 0.254 e. The number of aryl methyl sites for hydroxylation is 2. The van der Waals surface area contributed by atoms with Gasteiger partial charge in [0.1, 0.15) is 11.9 Å². The molecule has 1 amide bonds. The number of ether oxygens (including phenoxy) is 1. The molecule has 0 aromatic heterocycles. The number of benzene rings is 3. The molecule has 2 atom stereocenters.